The van der Waals surface area contributed by atoms with E-state index in [1.54, 1.807) is 32.5 Å². The average Bonchev–Trinajstić information content (AvgIpc) is 2.86. The third-order valence-electron chi connectivity index (χ3n) is 3.45. The van der Waals surface area contributed by atoms with Gasteiger partial charge in [0.2, 0.25) is 0 Å². The molecule has 9 heteroatoms. The van der Waals surface area contributed by atoms with Gasteiger partial charge in [0.1, 0.15) is 16.5 Å². The van der Waals surface area contributed by atoms with Crippen LogP contribution in [0.2, 0.25) is 0 Å². The van der Waals surface area contributed by atoms with Crippen molar-refractivity contribution in [2.75, 3.05) is 4.72 Å². The summed E-state index contributed by atoms with van der Waals surface area (Å²) in [5, 5.41) is 17.5. The first-order valence-electron chi connectivity index (χ1n) is 6.73. The third kappa shape index (κ3) is 2.46. The summed E-state index contributed by atoms with van der Waals surface area (Å²) in [7, 11) is -2.27. The molecule has 0 atom stereocenters. The summed E-state index contributed by atoms with van der Waals surface area (Å²) < 4.78 is 30.8. The molecule has 0 bridgehead atoms. The van der Waals surface area contributed by atoms with Crippen LogP contribution < -0.4 is 4.72 Å². The zero-order chi connectivity index (χ0) is 16.7. The Bertz CT molecular complexity index is 869. The molecule has 0 aromatic carbocycles. The van der Waals surface area contributed by atoms with E-state index in [0.29, 0.717) is 23.6 Å². The van der Waals surface area contributed by atoms with Crippen molar-refractivity contribution in [3.8, 4) is 6.07 Å². The molecule has 0 amide bonds. The Kier molecular flexibility index (Phi) is 3.98. The van der Waals surface area contributed by atoms with E-state index >= 15 is 0 Å². The van der Waals surface area contributed by atoms with Crippen molar-refractivity contribution in [3.05, 3.63) is 22.6 Å². The zero-order valence-electron chi connectivity index (χ0n) is 13.2. The molecule has 0 saturated carbocycles. The number of anilines is 1. The molecule has 0 fully saturated rings. The molecule has 0 aliphatic carbocycles. The molecule has 118 valence electrons. The lowest BCUT2D eigenvalue weighted by Gasteiger charge is -2.09. The standard InChI is InChI=1S/C13H18N6O2S/c1-6-19-10(4)12(9(3)16-19)22(20,21)17-13-11(7-14)8(2)15-18(13)5/h17H,6H2,1-5H3. The Morgan fingerprint density at radius 2 is 1.86 bits per heavy atom. The molecule has 0 radical (unpaired) electrons. The molecule has 2 aromatic heterocycles. The first-order valence-corrected chi connectivity index (χ1v) is 8.21. The number of aromatic nitrogens is 4. The Hall–Kier alpha value is -2.34. The van der Waals surface area contributed by atoms with E-state index < -0.39 is 10.0 Å². The Balaban J connectivity index is 2.55. The van der Waals surface area contributed by atoms with Gasteiger partial charge in [0.15, 0.2) is 5.82 Å². The van der Waals surface area contributed by atoms with Crippen molar-refractivity contribution in [2.45, 2.75) is 39.1 Å². The van der Waals surface area contributed by atoms with E-state index in [0.717, 1.165) is 0 Å². The number of nitrogens with one attached hydrogen (secondary N) is 1. The Labute approximate surface area is 129 Å². The van der Waals surface area contributed by atoms with Gasteiger partial charge in [0.05, 0.1) is 17.1 Å². The van der Waals surface area contributed by atoms with E-state index in [1.165, 1.54) is 4.68 Å². The molecule has 2 aromatic rings. The number of aryl methyl sites for hydroxylation is 4. The van der Waals surface area contributed by atoms with E-state index in [4.69, 9.17) is 0 Å². The molecule has 0 saturated heterocycles. The molecule has 0 unspecified atom stereocenters. The summed E-state index contributed by atoms with van der Waals surface area (Å²) in [5.74, 6) is 0.156. The van der Waals surface area contributed by atoms with E-state index in [9.17, 15) is 13.7 Å². The number of hydrogen-bond donors (Lipinski definition) is 1. The summed E-state index contributed by atoms with van der Waals surface area (Å²) in [6.45, 7) is 7.48. The van der Waals surface area contributed by atoms with Crippen molar-refractivity contribution in [3.63, 3.8) is 0 Å². The van der Waals surface area contributed by atoms with Crippen molar-refractivity contribution in [1.29, 1.82) is 5.26 Å². The number of nitrogens with zero attached hydrogens (tertiary/aromatic N) is 5. The molecule has 2 rings (SSSR count). The highest BCUT2D eigenvalue weighted by atomic mass is 32.2. The minimum atomic E-state index is -3.85. The van der Waals surface area contributed by atoms with Gasteiger partial charge in [-0.25, -0.2) is 8.42 Å². The minimum Gasteiger partial charge on any atom is -0.268 e. The maximum absolute atomic E-state index is 12.7. The van der Waals surface area contributed by atoms with Crippen LogP contribution in [0.15, 0.2) is 4.90 Å². The predicted molar refractivity (Wildman–Crippen MR) is 80.8 cm³/mol. The predicted octanol–water partition coefficient (Wildman–Crippen LogP) is 1.23. The van der Waals surface area contributed by atoms with E-state index in [2.05, 4.69) is 14.9 Å². The Morgan fingerprint density at radius 1 is 1.23 bits per heavy atom. The lowest BCUT2D eigenvalue weighted by Crippen LogP contribution is -2.17. The maximum atomic E-state index is 12.7. The normalized spacial score (nSPS) is 11.5. The topological polar surface area (TPSA) is 106 Å². The highest BCUT2D eigenvalue weighted by molar-refractivity contribution is 7.92. The zero-order valence-corrected chi connectivity index (χ0v) is 14.0. The van der Waals surface area contributed by atoms with Crippen molar-refractivity contribution < 1.29 is 8.42 Å². The lowest BCUT2D eigenvalue weighted by molar-refractivity contribution is 0.597. The summed E-state index contributed by atoms with van der Waals surface area (Å²) in [6, 6.07) is 1.97. The van der Waals surface area contributed by atoms with Gasteiger partial charge in [-0.1, -0.05) is 0 Å². The van der Waals surface area contributed by atoms with Crippen molar-refractivity contribution in [1.82, 2.24) is 19.6 Å². The van der Waals surface area contributed by atoms with Gasteiger partial charge in [0.25, 0.3) is 10.0 Å². The second-order valence-electron chi connectivity index (χ2n) is 4.97. The SMILES string of the molecule is CCn1nc(C)c(S(=O)(=O)Nc2c(C#N)c(C)nn2C)c1C. The smallest absolute Gasteiger partial charge is 0.266 e. The third-order valence-corrected chi connectivity index (χ3v) is 5.04. The summed E-state index contributed by atoms with van der Waals surface area (Å²) in [5.41, 5.74) is 1.67. The highest BCUT2D eigenvalue weighted by Crippen LogP contribution is 2.25. The summed E-state index contributed by atoms with van der Waals surface area (Å²) in [4.78, 5) is 0.136. The fraction of sp³-hybridized carbons (Fsp3) is 0.462. The van der Waals surface area contributed by atoms with Gasteiger partial charge in [-0.3, -0.25) is 14.1 Å². The van der Waals surface area contributed by atoms with Crippen LogP contribution in [-0.4, -0.2) is 28.0 Å². The van der Waals surface area contributed by atoms with Crippen LogP contribution in [0.4, 0.5) is 5.82 Å². The quantitative estimate of drug-likeness (QED) is 0.911. The van der Waals surface area contributed by atoms with Crippen LogP contribution in [0.3, 0.4) is 0 Å². The van der Waals surface area contributed by atoms with Crippen molar-refractivity contribution in [2.24, 2.45) is 7.05 Å². The monoisotopic (exact) mass is 322 g/mol. The van der Waals surface area contributed by atoms with E-state index in [1.807, 2.05) is 13.0 Å². The molecular weight excluding hydrogens is 304 g/mol. The van der Waals surface area contributed by atoms with Gasteiger partial charge in [-0.05, 0) is 27.7 Å². The molecular formula is C13H18N6O2S. The fourth-order valence-electron chi connectivity index (χ4n) is 2.46. The van der Waals surface area contributed by atoms with Gasteiger partial charge in [-0.15, -0.1) is 0 Å². The van der Waals surface area contributed by atoms with Gasteiger partial charge in [-0.2, -0.15) is 15.5 Å². The van der Waals surface area contributed by atoms with Crippen LogP contribution in [0.1, 0.15) is 29.6 Å². The summed E-state index contributed by atoms with van der Waals surface area (Å²) >= 11 is 0. The van der Waals surface area contributed by atoms with Crippen LogP contribution in [-0.2, 0) is 23.6 Å². The maximum Gasteiger partial charge on any atom is 0.266 e. The van der Waals surface area contributed by atoms with Crippen LogP contribution in [0.5, 0.6) is 0 Å². The number of rotatable bonds is 4. The second-order valence-corrected chi connectivity index (χ2v) is 6.58. The first-order chi connectivity index (χ1) is 10.2. The average molecular weight is 322 g/mol. The fourth-order valence-corrected chi connectivity index (χ4v) is 3.98. The molecule has 0 aliphatic rings. The molecule has 1 N–H and O–H groups in total. The summed E-state index contributed by atoms with van der Waals surface area (Å²) in [6.07, 6.45) is 0. The molecule has 22 heavy (non-hydrogen) atoms. The number of nitriles is 1. The lowest BCUT2D eigenvalue weighted by atomic mass is 10.3. The number of hydrogen-bond acceptors (Lipinski definition) is 5. The van der Waals surface area contributed by atoms with Gasteiger partial charge in [0, 0.05) is 13.6 Å². The molecule has 0 aliphatic heterocycles. The van der Waals surface area contributed by atoms with Crippen LogP contribution in [0, 0.1) is 32.1 Å². The molecule has 8 nitrogen and oxygen atoms in total. The molecule has 2 heterocycles. The minimum absolute atomic E-state index is 0.136. The van der Waals surface area contributed by atoms with Gasteiger partial charge >= 0.3 is 0 Å². The number of sulfonamides is 1. The van der Waals surface area contributed by atoms with Crippen LogP contribution >= 0.6 is 0 Å². The Morgan fingerprint density at radius 3 is 2.36 bits per heavy atom. The largest absolute Gasteiger partial charge is 0.268 e. The van der Waals surface area contributed by atoms with Crippen LogP contribution in [0.25, 0.3) is 0 Å². The molecule has 0 spiro atoms. The van der Waals surface area contributed by atoms with Crippen molar-refractivity contribution >= 4 is 15.8 Å². The van der Waals surface area contributed by atoms with Gasteiger partial charge < -0.3 is 0 Å². The highest BCUT2D eigenvalue weighted by Gasteiger charge is 2.27. The second kappa shape index (κ2) is 5.46. The van der Waals surface area contributed by atoms with E-state index in [-0.39, 0.29) is 16.3 Å². The first kappa shape index (κ1) is 16.0.